The van der Waals surface area contributed by atoms with Crippen LogP contribution in [0.2, 0.25) is 5.02 Å². The zero-order valence-electron chi connectivity index (χ0n) is 15.4. The second-order valence-electron chi connectivity index (χ2n) is 6.88. The first-order chi connectivity index (χ1) is 13.6. The van der Waals surface area contributed by atoms with E-state index in [0.29, 0.717) is 23.1 Å². The zero-order chi connectivity index (χ0) is 19.5. The van der Waals surface area contributed by atoms with E-state index >= 15 is 0 Å². The number of nitrogens with zero attached hydrogens (tertiary/aromatic N) is 4. The Hall–Kier alpha value is -2.93. The summed E-state index contributed by atoms with van der Waals surface area (Å²) in [7, 11) is 0. The molecule has 3 heterocycles. The summed E-state index contributed by atoms with van der Waals surface area (Å²) in [6.45, 7) is 3.23. The molecule has 0 spiro atoms. The first-order valence-corrected chi connectivity index (χ1v) is 9.55. The first-order valence-electron chi connectivity index (χ1n) is 9.17. The van der Waals surface area contributed by atoms with Gasteiger partial charge in [0.15, 0.2) is 11.6 Å². The van der Waals surface area contributed by atoms with Gasteiger partial charge in [-0.1, -0.05) is 28.9 Å². The standard InChI is InChI=1S/C20H20ClN5O2/c1-13-11-18(25-28-13)22-20(27)15-3-2-10-26(12-15)19-9-8-17(23-24-19)14-4-6-16(21)7-5-14/h4-9,11,15H,2-3,10,12H2,1H3,(H,22,25,27). The minimum Gasteiger partial charge on any atom is -0.360 e. The van der Waals surface area contributed by atoms with E-state index in [1.807, 2.05) is 36.4 Å². The molecule has 4 rings (SSSR count). The number of amides is 1. The fourth-order valence-corrected chi connectivity index (χ4v) is 3.45. The van der Waals surface area contributed by atoms with Crippen molar-refractivity contribution in [1.82, 2.24) is 15.4 Å². The van der Waals surface area contributed by atoms with Crippen molar-refractivity contribution in [2.75, 3.05) is 23.3 Å². The van der Waals surface area contributed by atoms with Gasteiger partial charge in [0.25, 0.3) is 0 Å². The normalized spacial score (nSPS) is 16.8. The Morgan fingerprint density at radius 3 is 2.71 bits per heavy atom. The third-order valence-electron chi connectivity index (χ3n) is 4.79. The van der Waals surface area contributed by atoms with Crippen molar-refractivity contribution >= 4 is 29.1 Å². The number of anilines is 2. The Morgan fingerprint density at radius 1 is 1.21 bits per heavy atom. The first kappa shape index (κ1) is 18.4. The lowest BCUT2D eigenvalue weighted by molar-refractivity contribution is -0.120. The molecule has 8 heteroatoms. The van der Waals surface area contributed by atoms with Crippen molar-refractivity contribution in [2.24, 2.45) is 5.92 Å². The molecule has 0 bridgehead atoms. The second-order valence-corrected chi connectivity index (χ2v) is 7.32. The highest BCUT2D eigenvalue weighted by molar-refractivity contribution is 6.30. The second kappa shape index (κ2) is 7.98. The number of carbonyl (C=O) groups excluding carboxylic acids is 1. The SMILES string of the molecule is Cc1cc(NC(=O)C2CCCN(c3ccc(-c4ccc(Cl)cc4)nn3)C2)no1. The molecule has 3 aromatic rings. The topological polar surface area (TPSA) is 84.2 Å². The van der Waals surface area contributed by atoms with Crippen molar-refractivity contribution < 1.29 is 9.32 Å². The van der Waals surface area contributed by atoms with Gasteiger partial charge in [0, 0.05) is 29.7 Å². The number of benzene rings is 1. The van der Waals surface area contributed by atoms with Crippen LogP contribution >= 0.6 is 11.6 Å². The van der Waals surface area contributed by atoms with E-state index < -0.39 is 0 Å². The number of aryl methyl sites for hydroxylation is 1. The third-order valence-corrected chi connectivity index (χ3v) is 5.04. The molecule has 1 aliphatic rings. The Kier molecular flexibility index (Phi) is 5.25. The Labute approximate surface area is 167 Å². The summed E-state index contributed by atoms with van der Waals surface area (Å²) in [6.07, 6.45) is 1.74. The van der Waals surface area contributed by atoms with Crippen LogP contribution in [0.25, 0.3) is 11.3 Å². The van der Waals surface area contributed by atoms with E-state index in [1.165, 1.54) is 0 Å². The molecule has 144 valence electrons. The lowest BCUT2D eigenvalue weighted by atomic mass is 9.97. The average molecular weight is 398 g/mol. The third kappa shape index (κ3) is 4.14. The summed E-state index contributed by atoms with van der Waals surface area (Å²) >= 11 is 5.93. The number of halogens is 1. The van der Waals surface area contributed by atoms with Gasteiger partial charge in [-0.25, -0.2) is 0 Å². The summed E-state index contributed by atoms with van der Waals surface area (Å²) in [4.78, 5) is 14.7. The van der Waals surface area contributed by atoms with Crippen LogP contribution in [0.15, 0.2) is 47.0 Å². The predicted octanol–water partition coefficient (Wildman–Crippen LogP) is 3.95. The molecule has 1 fully saturated rings. The molecule has 1 atom stereocenters. The Balaban J connectivity index is 1.42. The van der Waals surface area contributed by atoms with Crippen molar-refractivity contribution in [3.05, 3.63) is 53.2 Å². The smallest absolute Gasteiger partial charge is 0.230 e. The molecule has 1 saturated heterocycles. The number of aromatic nitrogens is 3. The van der Waals surface area contributed by atoms with Crippen LogP contribution < -0.4 is 10.2 Å². The van der Waals surface area contributed by atoms with E-state index in [4.69, 9.17) is 16.1 Å². The van der Waals surface area contributed by atoms with E-state index in [2.05, 4.69) is 25.6 Å². The molecule has 1 unspecified atom stereocenters. The summed E-state index contributed by atoms with van der Waals surface area (Å²) in [5, 5.41) is 16.0. The molecule has 0 saturated carbocycles. The summed E-state index contributed by atoms with van der Waals surface area (Å²) in [5.74, 6) is 1.70. The van der Waals surface area contributed by atoms with Crippen LogP contribution in [0.1, 0.15) is 18.6 Å². The van der Waals surface area contributed by atoms with Crippen molar-refractivity contribution in [1.29, 1.82) is 0 Å². The van der Waals surface area contributed by atoms with Gasteiger partial charge in [0.05, 0.1) is 11.6 Å². The monoisotopic (exact) mass is 397 g/mol. The molecular formula is C20H20ClN5O2. The lowest BCUT2D eigenvalue weighted by Crippen LogP contribution is -2.41. The quantitative estimate of drug-likeness (QED) is 0.717. The molecule has 1 aromatic carbocycles. The van der Waals surface area contributed by atoms with E-state index in [9.17, 15) is 4.79 Å². The number of carbonyl (C=O) groups is 1. The summed E-state index contributed by atoms with van der Waals surface area (Å²) < 4.78 is 5.00. The number of rotatable bonds is 4. The highest BCUT2D eigenvalue weighted by atomic mass is 35.5. The minimum atomic E-state index is -0.136. The molecule has 0 radical (unpaired) electrons. The van der Waals surface area contributed by atoms with Crippen LogP contribution in [-0.4, -0.2) is 34.4 Å². The van der Waals surface area contributed by atoms with Crippen molar-refractivity contribution in [3.8, 4) is 11.3 Å². The maximum absolute atomic E-state index is 12.6. The van der Waals surface area contributed by atoms with Crippen LogP contribution in [0.3, 0.4) is 0 Å². The van der Waals surface area contributed by atoms with Crippen molar-refractivity contribution in [3.63, 3.8) is 0 Å². The van der Waals surface area contributed by atoms with E-state index in [1.54, 1.807) is 13.0 Å². The molecule has 7 nitrogen and oxygen atoms in total. The van der Waals surface area contributed by atoms with E-state index in [-0.39, 0.29) is 11.8 Å². The highest BCUT2D eigenvalue weighted by Crippen LogP contribution is 2.25. The predicted molar refractivity (Wildman–Crippen MR) is 107 cm³/mol. The molecule has 0 aliphatic carbocycles. The van der Waals surface area contributed by atoms with Crippen LogP contribution in [0.4, 0.5) is 11.6 Å². The van der Waals surface area contributed by atoms with Crippen LogP contribution in [-0.2, 0) is 4.79 Å². The number of nitrogens with one attached hydrogen (secondary N) is 1. The van der Waals surface area contributed by atoms with Gasteiger partial charge in [0.2, 0.25) is 5.91 Å². The maximum Gasteiger partial charge on any atom is 0.230 e. The molecule has 1 aliphatic heterocycles. The van der Waals surface area contributed by atoms with Gasteiger partial charge < -0.3 is 14.7 Å². The van der Waals surface area contributed by atoms with Crippen LogP contribution in [0.5, 0.6) is 0 Å². The molecular weight excluding hydrogens is 378 g/mol. The Bertz CT molecular complexity index is 955. The highest BCUT2D eigenvalue weighted by Gasteiger charge is 2.27. The zero-order valence-corrected chi connectivity index (χ0v) is 16.2. The van der Waals surface area contributed by atoms with Gasteiger partial charge in [-0.05, 0) is 44.0 Å². The van der Waals surface area contributed by atoms with Gasteiger partial charge in [-0.2, -0.15) is 0 Å². The van der Waals surface area contributed by atoms with Gasteiger partial charge in [-0.3, -0.25) is 4.79 Å². The number of hydrogen-bond donors (Lipinski definition) is 1. The van der Waals surface area contributed by atoms with Gasteiger partial charge >= 0.3 is 0 Å². The van der Waals surface area contributed by atoms with Gasteiger partial charge in [0.1, 0.15) is 5.76 Å². The number of piperidine rings is 1. The molecule has 2 aromatic heterocycles. The largest absolute Gasteiger partial charge is 0.360 e. The van der Waals surface area contributed by atoms with Gasteiger partial charge in [-0.15, -0.1) is 10.2 Å². The summed E-state index contributed by atoms with van der Waals surface area (Å²) in [6, 6.07) is 13.1. The van der Waals surface area contributed by atoms with E-state index in [0.717, 1.165) is 36.5 Å². The summed E-state index contributed by atoms with van der Waals surface area (Å²) in [5.41, 5.74) is 1.75. The minimum absolute atomic E-state index is 0.0521. The molecule has 28 heavy (non-hydrogen) atoms. The lowest BCUT2D eigenvalue weighted by Gasteiger charge is -2.32. The maximum atomic E-state index is 12.6. The average Bonchev–Trinajstić information content (AvgIpc) is 3.13. The van der Waals surface area contributed by atoms with Crippen LogP contribution in [0, 0.1) is 12.8 Å². The fraction of sp³-hybridized carbons (Fsp3) is 0.300. The Morgan fingerprint density at radius 2 is 2.04 bits per heavy atom. The fourth-order valence-electron chi connectivity index (χ4n) is 3.32. The molecule has 1 amide bonds. The molecule has 1 N–H and O–H groups in total. The number of hydrogen-bond acceptors (Lipinski definition) is 6. The van der Waals surface area contributed by atoms with Crippen molar-refractivity contribution in [2.45, 2.75) is 19.8 Å².